The number of fused-ring (bicyclic) bond motifs is 1. The Balaban J connectivity index is 1.98. The SMILES string of the molecule is COc1ccc(/C=C/c2nc3ccc(I)cc3c(=O)n2-c2ccc(Cl)cc2[N+](=O)[O-])cc1. The van der Waals surface area contributed by atoms with Crippen LogP contribution in [-0.2, 0) is 0 Å². The highest BCUT2D eigenvalue weighted by molar-refractivity contribution is 14.1. The molecule has 0 saturated heterocycles. The number of ether oxygens (including phenoxy) is 1. The molecule has 0 radical (unpaired) electrons. The maximum absolute atomic E-state index is 13.5. The number of hydrogen-bond acceptors (Lipinski definition) is 5. The molecule has 0 aliphatic carbocycles. The summed E-state index contributed by atoms with van der Waals surface area (Å²) in [7, 11) is 1.59. The Morgan fingerprint density at radius 3 is 2.53 bits per heavy atom. The van der Waals surface area contributed by atoms with Gasteiger partial charge in [-0.2, -0.15) is 0 Å². The molecule has 160 valence electrons. The van der Waals surface area contributed by atoms with E-state index in [0.717, 1.165) is 9.13 Å². The molecule has 0 saturated carbocycles. The summed E-state index contributed by atoms with van der Waals surface area (Å²) in [6.07, 6.45) is 3.43. The maximum Gasteiger partial charge on any atom is 0.294 e. The first kappa shape index (κ1) is 22.0. The van der Waals surface area contributed by atoms with Crippen LogP contribution in [0.5, 0.6) is 5.75 Å². The van der Waals surface area contributed by atoms with Crippen LogP contribution in [0.4, 0.5) is 5.69 Å². The minimum atomic E-state index is -0.566. The number of nitro groups is 1. The zero-order valence-corrected chi connectivity index (χ0v) is 19.6. The molecule has 3 aromatic carbocycles. The lowest BCUT2D eigenvalue weighted by atomic mass is 10.2. The van der Waals surface area contributed by atoms with E-state index in [4.69, 9.17) is 16.3 Å². The van der Waals surface area contributed by atoms with Crippen molar-refractivity contribution in [2.45, 2.75) is 0 Å². The van der Waals surface area contributed by atoms with E-state index in [1.165, 1.54) is 22.8 Å². The first-order chi connectivity index (χ1) is 15.4. The molecule has 0 spiro atoms. The summed E-state index contributed by atoms with van der Waals surface area (Å²) in [4.78, 5) is 29.2. The van der Waals surface area contributed by atoms with Gasteiger partial charge in [-0.3, -0.25) is 19.5 Å². The van der Waals surface area contributed by atoms with Crippen molar-refractivity contribution < 1.29 is 9.66 Å². The molecule has 4 rings (SSSR count). The number of benzene rings is 3. The molecular weight excluding hydrogens is 545 g/mol. The number of methoxy groups -OCH3 is 1. The third-order valence-corrected chi connectivity index (χ3v) is 5.68. The third kappa shape index (κ3) is 4.37. The quantitative estimate of drug-likeness (QED) is 0.177. The summed E-state index contributed by atoms with van der Waals surface area (Å²) < 4.78 is 7.27. The highest BCUT2D eigenvalue weighted by Gasteiger charge is 2.21. The molecule has 7 nitrogen and oxygen atoms in total. The topological polar surface area (TPSA) is 87.3 Å². The van der Waals surface area contributed by atoms with E-state index >= 15 is 0 Å². The summed E-state index contributed by atoms with van der Waals surface area (Å²) in [5.74, 6) is 0.972. The maximum atomic E-state index is 13.5. The monoisotopic (exact) mass is 559 g/mol. The number of hydrogen-bond donors (Lipinski definition) is 0. The van der Waals surface area contributed by atoms with Gasteiger partial charge in [0.25, 0.3) is 11.2 Å². The predicted molar refractivity (Wildman–Crippen MR) is 134 cm³/mol. The van der Waals surface area contributed by atoms with Crippen molar-refractivity contribution in [1.82, 2.24) is 9.55 Å². The molecule has 32 heavy (non-hydrogen) atoms. The van der Waals surface area contributed by atoms with Gasteiger partial charge >= 0.3 is 0 Å². The van der Waals surface area contributed by atoms with Gasteiger partial charge in [-0.25, -0.2) is 4.98 Å². The molecule has 0 unspecified atom stereocenters. The van der Waals surface area contributed by atoms with Gasteiger partial charge < -0.3 is 4.74 Å². The lowest BCUT2D eigenvalue weighted by Crippen LogP contribution is -2.23. The molecule has 9 heteroatoms. The van der Waals surface area contributed by atoms with Crippen molar-refractivity contribution in [2.24, 2.45) is 0 Å². The second kappa shape index (κ2) is 9.09. The van der Waals surface area contributed by atoms with Crippen LogP contribution in [-0.4, -0.2) is 21.6 Å². The van der Waals surface area contributed by atoms with E-state index in [0.29, 0.717) is 16.7 Å². The first-order valence-corrected chi connectivity index (χ1v) is 10.8. The highest BCUT2D eigenvalue weighted by atomic mass is 127. The Kier molecular flexibility index (Phi) is 6.24. The van der Waals surface area contributed by atoms with E-state index in [2.05, 4.69) is 27.6 Å². The summed E-state index contributed by atoms with van der Waals surface area (Å²) in [5.41, 5.74) is 0.739. The first-order valence-electron chi connectivity index (χ1n) is 9.36. The number of nitrogens with zero attached hydrogens (tertiary/aromatic N) is 3. The zero-order chi connectivity index (χ0) is 22.8. The van der Waals surface area contributed by atoms with Crippen molar-refractivity contribution in [2.75, 3.05) is 7.11 Å². The summed E-state index contributed by atoms with van der Waals surface area (Å²) in [6.45, 7) is 0. The molecule has 0 fully saturated rings. The average molecular weight is 560 g/mol. The molecular formula is C23H15ClIN3O4. The van der Waals surface area contributed by atoms with Gasteiger partial charge in [-0.1, -0.05) is 29.8 Å². The van der Waals surface area contributed by atoms with Crippen LogP contribution in [0.3, 0.4) is 0 Å². The number of halogens is 2. The van der Waals surface area contributed by atoms with Crippen LogP contribution in [0.15, 0.2) is 65.5 Å². The number of aromatic nitrogens is 2. The fourth-order valence-corrected chi connectivity index (χ4v) is 3.89. The van der Waals surface area contributed by atoms with Crippen LogP contribution in [0.2, 0.25) is 5.02 Å². The second-order valence-corrected chi connectivity index (χ2v) is 8.45. The molecule has 0 atom stereocenters. The summed E-state index contributed by atoms with van der Waals surface area (Å²) in [5, 5.41) is 12.3. The van der Waals surface area contributed by atoms with Gasteiger partial charge in [0.05, 0.1) is 22.9 Å². The van der Waals surface area contributed by atoms with Gasteiger partial charge in [0.2, 0.25) is 0 Å². The lowest BCUT2D eigenvalue weighted by molar-refractivity contribution is -0.384. The van der Waals surface area contributed by atoms with Crippen molar-refractivity contribution >= 4 is 62.9 Å². The Hall–Kier alpha value is -3.24. The van der Waals surface area contributed by atoms with Gasteiger partial charge in [-0.15, -0.1) is 0 Å². The van der Waals surface area contributed by atoms with Gasteiger partial charge in [0.1, 0.15) is 17.3 Å². The molecule has 1 heterocycles. The van der Waals surface area contributed by atoms with Gasteiger partial charge in [0.15, 0.2) is 0 Å². The van der Waals surface area contributed by atoms with Crippen LogP contribution in [0.1, 0.15) is 11.4 Å². The molecule has 0 aliphatic heterocycles. The second-order valence-electron chi connectivity index (χ2n) is 6.77. The molecule has 1 aromatic heterocycles. The molecule has 0 amide bonds. The smallest absolute Gasteiger partial charge is 0.294 e. The fourth-order valence-electron chi connectivity index (χ4n) is 3.24. The summed E-state index contributed by atoms with van der Waals surface area (Å²) >= 11 is 8.08. The number of nitro benzene ring substituents is 1. The van der Waals surface area contributed by atoms with Crippen molar-refractivity contribution in [3.63, 3.8) is 0 Å². The van der Waals surface area contributed by atoms with Crippen LogP contribution in [0, 0.1) is 13.7 Å². The Morgan fingerprint density at radius 1 is 1.09 bits per heavy atom. The largest absolute Gasteiger partial charge is 0.497 e. The average Bonchev–Trinajstić information content (AvgIpc) is 2.79. The van der Waals surface area contributed by atoms with Crippen LogP contribution < -0.4 is 10.3 Å². The van der Waals surface area contributed by atoms with E-state index < -0.39 is 10.5 Å². The van der Waals surface area contributed by atoms with Crippen LogP contribution in [0.25, 0.3) is 28.7 Å². The third-order valence-electron chi connectivity index (χ3n) is 4.77. The minimum absolute atomic E-state index is 0.0899. The fraction of sp³-hybridized carbons (Fsp3) is 0.0435. The van der Waals surface area contributed by atoms with E-state index in [1.807, 2.05) is 30.3 Å². The molecule has 4 aromatic rings. The zero-order valence-electron chi connectivity index (χ0n) is 16.7. The highest BCUT2D eigenvalue weighted by Crippen LogP contribution is 2.28. The summed E-state index contributed by atoms with van der Waals surface area (Å²) in [6, 6.07) is 16.8. The Labute approximate surface area is 201 Å². The van der Waals surface area contributed by atoms with Crippen molar-refractivity contribution in [1.29, 1.82) is 0 Å². The van der Waals surface area contributed by atoms with E-state index in [9.17, 15) is 14.9 Å². The Morgan fingerprint density at radius 2 is 1.84 bits per heavy atom. The van der Waals surface area contributed by atoms with E-state index in [-0.39, 0.29) is 22.2 Å². The van der Waals surface area contributed by atoms with Gasteiger partial charge in [-0.05, 0) is 76.7 Å². The van der Waals surface area contributed by atoms with Crippen molar-refractivity contribution in [3.05, 3.63) is 101 Å². The van der Waals surface area contributed by atoms with Crippen LogP contribution >= 0.6 is 34.2 Å². The normalized spacial score (nSPS) is 11.2. The molecule has 0 aliphatic rings. The van der Waals surface area contributed by atoms with Gasteiger partial charge in [0, 0.05) is 14.7 Å². The Bertz CT molecular complexity index is 1430. The predicted octanol–water partition coefficient (Wildman–Crippen LogP) is 5.73. The van der Waals surface area contributed by atoms with E-state index in [1.54, 1.807) is 31.4 Å². The minimum Gasteiger partial charge on any atom is -0.497 e. The lowest BCUT2D eigenvalue weighted by Gasteiger charge is -2.12. The standard InChI is InChI=1S/C23H15ClIN3O4/c1-32-17-7-2-14(3-8-17)4-11-22-26-19-9-6-16(25)13-18(19)23(29)27(22)20-10-5-15(24)12-21(20)28(30)31/h2-13H,1H3/b11-4+. The van der Waals surface area contributed by atoms with Crippen molar-refractivity contribution in [3.8, 4) is 11.4 Å². The molecule has 0 bridgehead atoms. The molecule has 0 N–H and O–H groups in total. The number of rotatable bonds is 5.